The van der Waals surface area contributed by atoms with Gasteiger partial charge in [0.15, 0.2) is 11.5 Å². The van der Waals surface area contributed by atoms with Gasteiger partial charge >= 0.3 is 5.97 Å². The second-order valence-corrected chi connectivity index (χ2v) is 6.02. The first kappa shape index (κ1) is 15.0. The standard InChI is InChI=1S/C16H22N4O2/c1-11(2)19-8-5-4-6-13(19)15-17-14-10-12(16(21)22-3)7-9-20(14)18-15/h7,9-11,13H,4-6,8H2,1-3H3. The molecule has 0 aliphatic carbocycles. The van der Waals surface area contributed by atoms with Crippen LogP contribution in [0, 0.1) is 0 Å². The van der Waals surface area contributed by atoms with Gasteiger partial charge in [-0.15, -0.1) is 5.10 Å². The van der Waals surface area contributed by atoms with E-state index < -0.39 is 0 Å². The summed E-state index contributed by atoms with van der Waals surface area (Å²) in [7, 11) is 1.38. The first-order valence-electron chi connectivity index (χ1n) is 7.80. The lowest BCUT2D eigenvalue weighted by atomic mass is 10.00. The Labute approximate surface area is 130 Å². The lowest BCUT2D eigenvalue weighted by Crippen LogP contribution is -2.39. The van der Waals surface area contributed by atoms with E-state index in [0.29, 0.717) is 17.3 Å². The second-order valence-electron chi connectivity index (χ2n) is 6.02. The third-order valence-corrected chi connectivity index (χ3v) is 4.28. The number of hydrogen-bond acceptors (Lipinski definition) is 5. The first-order chi connectivity index (χ1) is 10.6. The number of rotatable bonds is 3. The minimum Gasteiger partial charge on any atom is -0.465 e. The average Bonchev–Trinajstić information content (AvgIpc) is 2.96. The van der Waals surface area contributed by atoms with Crippen LogP contribution in [0.2, 0.25) is 0 Å². The Bertz CT molecular complexity index is 680. The van der Waals surface area contributed by atoms with Crippen LogP contribution >= 0.6 is 0 Å². The highest BCUT2D eigenvalue weighted by Crippen LogP contribution is 2.30. The van der Waals surface area contributed by atoms with Gasteiger partial charge in [0.1, 0.15) is 0 Å². The van der Waals surface area contributed by atoms with Crippen molar-refractivity contribution in [3.8, 4) is 0 Å². The molecule has 3 heterocycles. The summed E-state index contributed by atoms with van der Waals surface area (Å²) in [6.07, 6.45) is 5.28. The molecular formula is C16H22N4O2. The molecule has 0 bridgehead atoms. The number of carbonyl (C=O) groups is 1. The molecule has 0 aromatic carbocycles. The number of aromatic nitrogens is 3. The van der Waals surface area contributed by atoms with Crippen molar-refractivity contribution >= 4 is 11.6 Å². The predicted octanol–water partition coefficient (Wildman–Crippen LogP) is 2.45. The molecule has 3 rings (SSSR count). The number of nitrogens with zero attached hydrogens (tertiary/aromatic N) is 4. The van der Waals surface area contributed by atoms with Crippen LogP contribution in [0.4, 0.5) is 0 Å². The van der Waals surface area contributed by atoms with E-state index in [-0.39, 0.29) is 12.0 Å². The Balaban J connectivity index is 1.95. The zero-order chi connectivity index (χ0) is 15.7. The Hall–Kier alpha value is -1.95. The van der Waals surface area contributed by atoms with Crippen molar-refractivity contribution < 1.29 is 9.53 Å². The van der Waals surface area contributed by atoms with Crippen LogP contribution in [-0.2, 0) is 4.74 Å². The van der Waals surface area contributed by atoms with E-state index in [0.717, 1.165) is 18.8 Å². The van der Waals surface area contributed by atoms with Crippen LogP contribution in [0.5, 0.6) is 0 Å². The molecule has 22 heavy (non-hydrogen) atoms. The number of methoxy groups -OCH3 is 1. The molecule has 1 fully saturated rings. The highest BCUT2D eigenvalue weighted by atomic mass is 16.5. The normalized spacial score (nSPS) is 19.7. The first-order valence-corrected chi connectivity index (χ1v) is 7.80. The Morgan fingerprint density at radius 2 is 2.23 bits per heavy atom. The molecule has 1 aliphatic heterocycles. The molecule has 0 saturated carbocycles. The maximum absolute atomic E-state index is 11.6. The van der Waals surface area contributed by atoms with Gasteiger partial charge in [-0.05, 0) is 45.4 Å². The molecule has 0 N–H and O–H groups in total. The van der Waals surface area contributed by atoms with Crippen LogP contribution in [0.3, 0.4) is 0 Å². The summed E-state index contributed by atoms with van der Waals surface area (Å²) < 4.78 is 6.48. The number of esters is 1. The van der Waals surface area contributed by atoms with Gasteiger partial charge < -0.3 is 4.74 Å². The Kier molecular flexibility index (Phi) is 4.11. The molecule has 0 amide bonds. The van der Waals surface area contributed by atoms with Crippen LogP contribution in [0.1, 0.15) is 55.3 Å². The molecular weight excluding hydrogens is 280 g/mol. The fourth-order valence-electron chi connectivity index (χ4n) is 3.13. The third-order valence-electron chi connectivity index (χ3n) is 4.28. The zero-order valence-electron chi connectivity index (χ0n) is 13.3. The van der Waals surface area contributed by atoms with E-state index in [1.807, 2.05) is 0 Å². The van der Waals surface area contributed by atoms with E-state index in [1.165, 1.54) is 20.0 Å². The number of hydrogen-bond donors (Lipinski definition) is 0. The molecule has 1 saturated heterocycles. The van der Waals surface area contributed by atoms with Gasteiger partial charge in [-0.1, -0.05) is 6.42 Å². The molecule has 1 aliphatic rings. The summed E-state index contributed by atoms with van der Waals surface area (Å²) in [6, 6.07) is 4.17. The maximum atomic E-state index is 11.6. The topological polar surface area (TPSA) is 59.7 Å². The minimum atomic E-state index is -0.353. The van der Waals surface area contributed by atoms with Crippen LogP contribution < -0.4 is 0 Å². The highest BCUT2D eigenvalue weighted by molar-refractivity contribution is 5.90. The van der Waals surface area contributed by atoms with E-state index >= 15 is 0 Å². The summed E-state index contributed by atoms with van der Waals surface area (Å²) >= 11 is 0. The van der Waals surface area contributed by atoms with Crippen LogP contribution in [-0.4, -0.2) is 45.2 Å². The van der Waals surface area contributed by atoms with E-state index in [1.54, 1.807) is 22.8 Å². The fraction of sp³-hybridized carbons (Fsp3) is 0.562. The van der Waals surface area contributed by atoms with Crippen molar-refractivity contribution in [1.29, 1.82) is 0 Å². The van der Waals surface area contributed by atoms with Gasteiger partial charge in [0.05, 0.1) is 18.7 Å². The fourth-order valence-corrected chi connectivity index (χ4v) is 3.13. The van der Waals surface area contributed by atoms with Crippen molar-refractivity contribution in [2.75, 3.05) is 13.7 Å². The molecule has 118 valence electrons. The summed E-state index contributed by atoms with van der Waals surface area (Å²) in [6.45, 7) is 5.51. The zero-order valence-corrected chi connectivity index (χ0v) is 13.3. The lowest BCUT2D eigenvalue weighted by molar-refractivity contribution is 0.0600. The largest absolute Gasteiger partial charge is 0.465 e. The van der Waals surface area contributed by atoms with Crippen molar-refractivity contribution in [2.24, 2.45) is 0 Å². The van der Waals surface area contributed by atoms with Gasteiger partial charge in [-0.2, -0.15) is 0 Å². The number of carbonyl (C=O) groups excluding carboxylic acids is 1. The maximum Gasteiger partial charge on any atom is 0.338 e. The predicted molar refractivity (Wildman–Crippen MR) is 82.8 cm³/mol. The molecule has 2 aromatic rings. The van der Waals surface area contributed by atoms with Crippen molar-refractivity contribution in [3.63, 3.8) is 0 Å². The summed E-state index contributed by atoms with van der Waals surface area (Å²) in [5.41, 5.74) is 1.19. The Morgan fingerprint density at radius 1 is 1.41 bits per heavy atom. The molecule has 0 spiro atoms. The van der Waals surface area contributed by atoms with E-state index in [9.17, 15) is 4.79 Å². The van der Waals surface area contributed by atoms with E-state index in [4.69, 9.17) is 4.74 Å². The monoisotopic (exact) mass is 302 g/mol. The molecule has 6 nitrogen and oxygen atoms in total. The quantitative estimate of drug-likeness (QED) is 0.815. The average molecular weight is 302 g/mol. The van der Waals surface area contributed by atoms with Gasteiger partial charge in [-0.25, -0.2) is 14.3 Å². The molecule has 1 atom stereocenters. The van der Waals surface area contributed by atoms with Crippen molar-refractivity contribution in [1.82, 2.24) is 19.5 Å². The highest BCUT2D eigenvalue weighted by Gasteiger charge is 2.29. The summed E-state index contributed by atoms with van der Waals surface area (Å²) in [5.74, 6) is 0.490. The summed E-state index contributed by atoms with van der Waals surface area (Å²) in [5, 5.41) is 4.61. The molecule has 0 radical (unpaired) electrons. The molecule has 6 heteroatoms. The summed E-state index contributed by atoms with van der Waals surface area (Å²) in [4.78, 5) is 18.7. The molecule has 2 aromatic heterocycles. The molecule has 1 unspecified atom stereocenters. The van der Waals surface area contributed by atoms with Crippen LogP contribution in [0.25, 0.3) is 5.65 Å². The number of likely N-dealkylation sites (tertiary alicyclic amines) is 1. The van der Waals surface area contributed by atoms with Crippen molar-refractivity contribution in [3.05, 3.63) is 29.7 Å². The number of fused-ring (bicyclic) bond motifs is 1. The van der Waals surface area contributed by atoms with Crippen LogP contribution in [0.15, 0.2) is 18.3 Å². The smallest absolute Gasteiger partial charge is 0.338 e. The Morgan fingerprint density at radius 3 is 2.95 bits per heavy atom. The third kappa shape index (κ3) is 2.70. The van der Waals surface area contributed by atoms with Gasteiger partial charge in [-0.3, -0.25) is 4.90 Å². The SMILES string of the molecule is COC(=O)c1ccn2nc(C3CCCCN3C(C)C)nc2c1. The number of pyridine rings is 1. The van der Waals surface area contributed by atoms with Gasteiger partial charge in [0.2, 0.25) is 0 Å². The van der Waals surface area contributed by atoms with E-state index in [2.05, 4.69) is 28.8 Å². The van der Waals surface area contributed by atoms with Crippen molar-refractivity contribution in [2.45, 2.75) is 45.2 Å². The number of ether oxygens (including phenoxy) is 1. The van der Waals surface area contributed by atoms with Gasteiger partial charge in [0, 0.05) is 12.2 Å². The second kappa shape index (κ2) is 6.04. The van der Waals surface area contributed by atoms with Gasteiger partial charge in [0.25, 0.3) is 0 Å². The minimum absolute atomic E-state index is 0.259. The number of piperidine rings is 1. The lowest BCUT2D eigenvalue weighted by Gasteiger charge is -2.36.